The van der Waals surface area contributed by atoms with Gasteiger partial charge in [-0.25, -0.2) is 0 Å². The van der Waals surface area contributed by atoms with E-state index in [0.29, 0.717) is 24.8 Å². The predicted octanol–water partition coefficient (Wildman–Crippen LogP) is 2.62. The van der Waals surface area contributed by atoms with Crippen LogP contribution in [0.15, 0.2) is 34.5 Å². The van der Waals surface area contributed by atoms with Crippen molar-refractivity contribution < 1.29 is 4.79 Å². The number of primary amides is 1. The van der Waals surface area contributed by atoms with Gasteiger partial charge in [0.1, 0.15) is 0 Å². The lowest BCUT2D eigenvalue weighted by molar-refractivity contribution is -0.118. The van der Waals surface area contributed by atoms with E-state index >= 15 is 0 Å². The molecule has 142 valence electrons. The third-order valence-corrected chi connectivity index (χ3v) is 5.29. The highest BCUT2D eigenvalue weighted by Gasteiger charge is 2.31. The van der Waals surface area contributed by atoms with Crippen molar-refractivity contribution in [3.8, 4) is 0 Å². The Bertz CT molecular complexity index is 653. The molecule has 0 saturated heterocycles. The van der Waals surface area contributed by atoms with Crippen LogP contribution in [0.4, 0.5) is 0 Å². The van der Waals surface area contributed by atoms with E-state index < -0.39 is 0 Å². The second-order valence-electron chi connectivity index (χ2n) is 7.37. The number of amides is 1. The zero-order valence-corrected chi connectivity index (χ0v) is 16.0. The van der Waals surface area contributed by atoms with Gasteiger partial charge in [-0.05, 0) is 29.4 Å². The fourth-order valence-corrected chi connectivity index (χ4v) is 3.88. The summed E-state index contributed by atoms with van der Waals surface area (Å²) in [7, 11) is 0. The van der Waals surface area contributed by atoms with Crippen molar-refractivity contribution in [3.63, 3.8) is 0 Å². The zero-order chi connectivity index (χ0) is 19.1. The first-order valence-corrected chi connectivity index (χ1v) is 9.38. The Hall–Kier alpha value is -2.05. The molecule has 1 aliphatic heterocycles. The van der Waals surface area contributed by atoms with Crippen molar-refractivity contribution >= 4 is 17.8 Å². The highest BCUT2D eigenvalue weighted by Crippen LogP contribution is 2.33. The number of nitrogens with two attached hydrogens (primary N) is 2. The quantitative estimate of drug-likeness (QED) is 0.467. The summed E-state index contributed by atoms with van der Waals surface area (Å²) in [4.78, 5) is 11.2. The van der Waals surface area contributed by atoms with E-state index in [0.717, 1.165) is 29.7 Å². The molecule has 0 spiro atoms. The number of nitrogens with zero attached hydrogens (tertiary/aromatic N) is 2. The van der Waals surface area contributed by atoms with Gasteiger partial charge in [-0.3, -0.25) is 16.1 Å². The molecule has 0 saturated carbocycles. The first-order valence-electron chi connectivity index (χ1n) is 9.38. The van der Waals surface area contributed by atoms with Crippen molar-refractivity contribution in [3.05, 3.63) is 35.4 Å². The molecule has 1 heterocycles. The van der Waals surface area contributed by atoms with Crippen LogP contribution >= 0.6 is 0 Å². The lowest BCUT2D eigenvalue weighted by atomic mass is 9.74. The summed E-state index contributed by atoms with van der Waals surface area (Å²) in [5.74, 6) is 6.47. The second-order valence-corrected chi connectivity index (χ2v) is 7.37. The van der Waals surface area contributed by atoms with Crippen LogP contribution in [0.2, 0.25) is 0 Å². The van der Waals surface area contributed by atoms with E-state index in [4.69, 9.17) is 11.6 Å². The van der Waals surface area contributed by atoms with Crippen molar-refractivity contribution in [1.82, 2.24) is 5.43 Å². The smallest absolute Gasteiger partial charge is 0.217 e. The predicted molar refractivity (Wildman–Crippen MR) is 107 cm³/mol. The molecule has 2 rings (SSSR count). The van der Waals surface area contributed by atoms with Crippen molar-refractivity contribution in [1.29, 1.82) is 0 Å². The first-order chi connectivity index (χ1) is 12.5. The summed E-state index contributed by atoms with van der Waals surface area (Å²) in [5, 5.41) is 8.72. The maximum Gasteiger partial charge on any atom is 0.217 e. The van der Waals surface area contributed by atoms with Crippen LogP contribution in [0.1, 0.15) is 51.2 Å². The van der Waals surface area contributed by atoms with Gasteiger partial charge < -0.3 is 5.73 Å². The Balaban J connectivity index is 2.12. The molecule has 1 aromatic rings. The topological polar surface area (TPSA) is 106 Å². The molecule has 1 aliphatic rings. The van der Waals surface area contributed by atoms with E-state index in [-0.39, 0.29) is 17.7 Å². The average molecular weight is 358 g/mol. The molecule has 1 amide bonds. The molecule has 26 heavy (non-hydrogen) atoms. The van der Waals surface area contributed by atoms with Gasteiger partial charge in [0.2, 0.25) is 5.91 Å². The van der Waals surface area contributed by atoms with Gasteiger partial charge in [0, 0.05) is 31.0 Å². The standard InChI is InChI=1S/C20H31N5O/c1-4-16(9-13(2)10-19(21)26)18-12-24-25-20(14(18)3)17-7-5-15(6-8-17)11-23-22/h5-8,12-14,16,18,23H,4,9-11,22H2,1-3H3,(H2,21,26). The van der Waals surface area contributed by atoms with E-state index in [1.165, 1.54) is 0 Å². The molecular weight excluding hydrogens is 326 g/mol. The highest BCUT2D eigenvalue weighted by atomic mass is 16.1. The summed E-state index contributed by atoms with van der Waals surface area (Å²) >= 11 is 0. The Morgan fingerprint density at radius 3 is 2.58 bits per heavy atom. The van der Waals surface area contributed by atoms with Crippen LogP contribution in [-0.2, 0) is 11.3 Å². The first kappa shape index (κ1) is 20.3. The van der Waals surface area contributed by atoms with Crippen LogP contribution in [0, 0.1) is 23.7 Å². The van der Waals surface area contributed by atoms with E-state index in [1.807, 2.05) is 6.21 Å². The minimum Gasteiger partial charge on any atom is -0.370 e. The molecule has 6 heteroatoms. The van der Waals surface area contributed by atoms with Gasteiger partial charge >= 0.3 is 0 Å². The normalized spacial score (nSPS) is 21.9. The van der Waals surface area contributed by atoms with Crippen LogP contribution in [0.25, 0.3) is 0 Å². The number of nitrogens with one attached hydrogen (secondary N) is 1. The number of carbonyl (C=O) groups is 1. The van der Waals surface area contributed by atoms with Gasteiger partial charge in [-0.2, -0.15) is 10.2 Å². The number of rotatable bonds is 9. The van der Waals surface area contributed by atoms with Gasteiger partial charge in [0.05, 0.1) is 5.71 Å². The van der Waals surface area contributed by atoms with Gasteiger partial charge in [0.15, 0.2) is 0 Å². The maximum absolute atomic E-state index is 11.2. The number of hydrogen-bond acceptors (Lipinski definition) is 5. The molecule has 0 aliphatic carbocycles. The Labute approximate surface area is 156 Å². The van der Waals surface area contributed by atoms with Crippen LogP contribution in [0.5, 0.6) is 0 Å². The summed E-state index contributed by atoms with van der Waals surface area (Å²) in [6.45, 7) is 7.14. The number of carbonyl (C=O) groups excluding carboxylic acids is 1. The van der Waals surface area contributed by atoms with Gasteiger partial charge in [-0.15, -0.1) is 0 Å². The molecular formula is C20H31N5O. The monoisotopic (exact) mass is 357 g/mol. The van der Waals surface area contributed by atoms with E-state index in [9.17, 15) is 4.79 Å². The van der Waals surface area contributed by atoms with Crippen molar-refractivity contribution in [2.24, 2.45) is 45.5 Å². The average Bonchev–Trinajstić information content (AvgIpc) is 2.61. The fourth-order valence-electron chi connectivity index (χ4n) is 3.88. The summed E-state index contributed by atoms with van der Waals surface area (Å²) in [5.41, 5.74) is 11.3. The summed E-state index contributed by atoms with van der Waals surface area (Å²) in [6.07, 6.45) is 4.42. The van der Waals surface area contributed by atoms with E-state index in [1.54, 1.807) is 0 Å². The molecule has 0 bridgehead atoms. The Morgan fingerprint density at radius 2 is 2.00 bits per heavy atom. The van der Waals surface area contributed by atoms with Crippen molar-refractivity contribution in [2.45, 2.75) is 46.6 Å². The number of benzene rings is 1. The van der Waals surface area contributed by atoms with Crippen LogP contribution in [0.3, 0.4) is 0 Å². The van der Waals surface area contributed by atoms with Crippen LogP contribution < -0.4 is 17.0 Å². The minimum absolute atomic E-state index is 0.230. The third kappa shape index (κ3) is 5.22. The lowest BCUT2D eigenvalue weighted by Crippen LogP contribution is -2.32. The molecule has 0 radical (unpaired) electrons. The SMILES string of the molecule is CCC(CC(C)CC(N)=O)C1C=NN=C(c2ccc(CNN)cc2)C1C. The number of hydrogen-bond donors (Lipinski definition) is 3. The Kier molecular flexibility index (Phi) is 7.48. The van der Waals surface area contributed by atoms with Crippen molar-refractivity contribution in [2.75, 3.05) is 0 Å². The Morgan fingerprint density at radius 1 is 1.31 bits per heavy atom. The largest absolute Gasteiger partial charge is 0.370 e. The molecule has 4 atom stereocenters. The summed E-state index contributed by atoms with van der Waals surface area (Å²) in [6, 6.07) is 8.28. The molecule has 4 unspecified atom stereocenters. The molecule has 5 N–H and O–H groups in total. The highest BCUT2D eigenvalue weighted by molar-refractivity contribution is 6.04. The second kappa shape index (κ2) is 9.59. The zero-order valence-electron chi connectivity index (χ0n) is 16.0. The fraction of sp³-hybridized carbons (Fsp3) is 0.550. The minimum atomic E-state index is -0.230. The number of hydrazine groups is 1. The van der Waals surface area contributed by atoms with Crippen LogP contribution in [-0.4, -0.2) is 17.8 Å². The third-order valence-electron chi connectivity index (χ3n) is 5.29. The van der Waals surface area contributed by atoms with Gasteiger partial charge in [-0.1, -0.05) is 51.5 Å². The van der Waals surface area contributed by atoms with E-state index in [2.05, 4.69) is 60.7 Å². The molecule has 1 aromatic carbocycles. The maximum atomic E-state index is 11.2. The lowest BCUT2D eigenvalue weighted by Gasteiger charge is -2.32. The molecule has 0 aromatic heterocycles. The molecule has 6 nitrogen and oxygen atoms in total. The van der Waals surface area contributed by atoms with Gasteiger partial charge in [0.25, 0.3) is 0 Å². The summed E-state index contributed by atoms with van der Waals surface area (Å²) < 4.78 is 0. The molecule has 0 fully saturated rings.